The van der Waals surface area contributed by atoms with Crippen molar-refractivity contribution in [1.29, 1.82) is 0 Å². The first-order valence-electron chi connectivity index (χ1n) is 9.83. The lowest BCUT2D eigenvalue weighted by atomic mass is 10.1. The lowest BCUT2D eigenvalue weighted by Gasteiger charge is -2.04. The summed E-state index contributed by atoms with van der Waals surface area (Å²) in [7, 11) is 0. The van der Waals surface area contributed by atoms with Gasteiger partial charge >= 0.3 is 0 Å². The smallest absolute Gasteiger partial charge is 0.226 e. The van der Waals surface area contributed by atoms with Crippen LogP contribution in [0, 0.1) is 0 Å². The Kier molecular flexibility index (Phi) is 8.16. The van der Waals surface area contributed by atoms with Crippen molar-refractivity contribution >= 4 is 44.2 Å². The van der Waals surface area contributed by atoms with E-state index in [1.54, 1.807) is 0 Å². The standard InChI is InChI=1S/C23H24BrN3O2S/c1-16(28)25-13-3-5-17-7-10-19(11-8-17)21-15-30-23(26-21)27-22(29)12-9-18-4-2-6-20(24)14-18/h2,4,6-8,10-11,14-15H,3,5,9,12-13H2,1H3,(H,25,28)(H,26,27,29). The minimum atomic E-state index is -0.0367. The molecule has 0 atom stereocenters. The molecular formula is C23H24BrN3O2S. The number of aryl methyl sites for hydroxylation is 2. The van der Waals surface area contributed by atoms with E-state index in [2.05, 4.69) is 43.7 Å². The second-order valence-corrected chi connectivity index (χ2v) is 8.77. The fraction of sp³-hybridized carbons (Fsp3) is 0.261. The van der Waals surface area contributed by atoms with Crippen LogP contribution < -0.4 is 10.6 Å². The lowest BCUT2D eigenvalue weighted by Crippen LogP contribution is -2.21. The summed E-state index contributed by atoms with van der Waals surface area (Å²) in [6, 6.07) is 16.2. The Morgan fingerprint density at radius 3 is 2.60 bits per heavy atom. The first kappa shape index (κ1) is 22.2. The molecule has 0 aliphatic heterocycles. The second kappa shape index (κ2) is 11.0. The molecule has 0 saturated carbocycles. The van der Waals surface area contributed by atoms with E-state index in [-0.39, 0.29) is 11.8 Å². The molecule has 3 rings (SSSR count). The van der Waals surface area contributed by atoms with Crippen LogP contribution in [0.5, 0.6) is 0 Å². The van der Waals surface area contributed by atoms with E-state index in [1.165, 1.54) is 23.8 Å². The minimum absolute atomic E-state index is 0.00455. The minimum Gasteiger partial charge on any atom is -0.356 e. The van der Waals surface area contributed by atoms with Crippen LogP contribution in [0.15, 0.2) is 58.4 Å². The predicted molar refractivity (Wildman–Crippen MR) is 126 cm³/mol. The maximum Gasteiger partial charge on any atom is 0.226 e. The summed E-state index contributed by atoms with van der Waals surface area (Å²) in [6.45, 7) is 2.22. The van der Waals surface area contributed by atoms with Crippen molar-refractivity contribution in [3.63, 3.8) is 0 Å². The van der Waals surface area contributed by atoms with E-state index >= 15 is 0 Å². The van der Waals surface area contributed by atoms with Crippen LogP contribution in [0.2, 0.25) is 0 Å². The molecule has 5 nitrogen and oxygen atoms in total. The number of thiazole rings is 1. The summed E-state index contributed by atoms with van der Waals surface area (Å²) >= 11 is 4.88. The molecule has 0 aliphatic carbocycles. The van der Waals surface area contributed by atoms with E-state index in [0.717, 1.165) is 34.1 Å². The molecule has 1 heterocycles. The first-order chi connectivity index (χ1) is 14.5. The van der Waals surface area contributed by atoms with Crippen molar-refractivity contribution in [1.82, 2.24) is 10.3 Å². The average molecular weight is 486 g/mol. The highest BCUT2D eigenvalue weighted by molar-refractivity contribution is 9.10. The number of anilines is 1. The molecule has 0 aliphatic rings. The van der Waals surface area contributed by atoms with Crippen LogP contribution in [0.4, 0.5) is 5.13 Å². The maximum atomic E-state index is 12.2. The van der Waals surface area contributed by atoms with E-state index in [9.17, 15) is 9.59 Å². The molecule has 7 heteroatoms. The fourth-order valence-corrected chi connectivity index (χ4v) is 4.18. The summed E-state index contributed by atoms with van der Waals surface area (Å²) in [5.74, 6) is -0.0321. The van der Waals surface area contributed by atoms with Crippen LogP contribution in [0.3, 0.4) is 0 Å². The van der Waals surface area contributed by atoms with E-state index < -0.39 is 0 Å². The van der Waals surface area contributed by atoms with Crippen LogP contribution in [0.1, 0.15) is 30.9 Å². The number of benzene rings is 2. The van der Waals surface area contributed by atoms with Crippen molar-refractivity contribution in [2.24, 2.45) is 0 Å². The number of rotatable bonds is 9. The largest absolute Gasteiger partial charge is 0.356 e. The molecule has 0 fully saturated rings. The molecule has 0 saturated heterocycles. The third-order valence-corrected chi connectivity index (χ3v) is 5.80. The molecule has 2 amide bonds. The van der Waals surface area contributed by atoms with Gasteiger partial charge < -0.3 is 10.6 Å². The third-order valence-electron chi connectivity index (χ3n) is 4.55. The number of amides is 2. The summed E-state index contributed by atoms with van der Waals surface area (Å²) in [5, 5.41) is 8.27. The van der Waals surface area contributed by atoms with Gasteiger partial charge in [-0.15, -0.1) is 11.3 Å². The summed E-state index contributed by atoms with van der Waals surface area (Å²) < 4.78 is 1.02. The van der Waals surface area contributed by atoms with Crippen LogP contribution >= 0.6 is 27.3 Å². The van der Waals surface area contributed by atoms with Gasteiger partial charge in [0.25, 0.3) is 0 Å². The van der Waals surface area contributed by atoms with Gasteiger partial charge in [-0.1, -0.05) is 52.3 Å². The van der Waals surface area contributed by atoms with Crippen molar-refractivity contribution in [3.8, 4) is 11.3 Å². The van der Waals surface area contributed by atoms with E-state index in [0.29, 0.717) is 24.5 Å². The van der Waals surface area contributed by atoms with Gasteiger partial charge in [-0.05, 0) is 42.5 Å². The number of hydrogen-bond donors (Lipinski definition) is 2. The molecule has 1 aromatic heterocycles. The molecule has 156 valence electrons. The molecule has 0 radical (unpaired) electrons. The Balaban J connectivity index is 1.49. The Morgan fingerprint density at radius 1 is 1.07 bits per heavy atom. The van der Waals surface area contributed by atoms with Crippen molar-refractivity contribution in [2.45, 2.75) is 32.6 Å². The molecule has 0 spiro atoms. The number of halogens is 1. The summed E-state index contributed by atoms with van der Waals surface area (Å²) in [5.41, 5.74) is 4.22. The Labute approximate surface area is 189 Å². The fourth-order valence-electron chi connectivity index (χ4n) is 2.99. The number of aromatic nitrogens is 1. The second-order valence-electron chi connectivity index (χ2n) is 7.00. The zero-order valence-electron chi connectivity index (χ0n) is 16.8. The lowest BCUT2D eigenvalue weighted by molar-refractivity contribution is -0.119. The molecule has 2 N–H and O–H groups in total. The van der Waals surface area contributed by atoms with Gasteiger partial charge in [0, 0.05) is 35.3 Å². The quantitative estimate of drug-likeness (QED) is 0.408. The molecule has 0 unspecified atom stereocenters. The summed E-state index contributed by atoms with van der Waals surface area (Å²) in [4.78, 5) is 27.7. The highest BCUT2D eigenvalue weighted by atomic mass is 79.9. The summed E-state index contributed by atoms with van der Waals surface area (Å²) in [6.07, 6.45) is 2.92. The third kappa shape index (κ3) is 7.07. The van der Waals surface area contributed by atoms with Gasteiger partial charge in [0.2, 0.25) is 11.8 Å². The van der Waals surface area contributed by atoms with Gasteiger partial charge in [0.1, 0.15) is 0 Å². The van der Waals surface area contributed by atoms with Gasteiger partial charge in [0.05, 0.1) is 5.69 Å². The maximum absolute atomic E-state index is 12.2. The van der Waals surface area contributed by atoms with Gasteiger partial charge in [-0.2, -0.15) is 0 Å². The van der Waals surface area contributed by atoms with Gasteiger partial charge in [-0.3, -0.25) is 9.59 Å². The number of nitrogens with zero attached hydrogens (tertiary/aromatic N) is 1. The number of nitrogens with one attached hydrogen (secondary N) is 2. The monoisotopic (exact) mass is 485 g/mol. The Hall–Kier alpha value is -2.51. The number of carbonyl (C=O) groups is 2. The molecule has 2 aromatic carbocycles. The van der Waals surface area contributed by atoms with Gasteiger partial charge in [0.15, 0.2) is 5.13 Å². The zero-order valence-corrected chi connectivity index (χ0v) is 19.2. The molecule has 30 heavy (non-hydrogen) atoms. The van der Waals surface area contributed by atoms with Crippen LogP contribution in [0.25, 0.3) is 11.3 Å². The normalized spacial score (nSPS) is 10.6. The SMILES string of the molecule is CC(=O)NCCCc1ccc(-c2csc(NC(=O)CCc3cccc(Br)c3)n2)cc1. The van der Waals surface area contributed by atoms with Gasteiger partial charge in [-0.25, -0.2) is 4.98 Å². The average Bonchev–Trinajstić information content (AvgIpc) is 3.18. The number of hydrogen-bond acceptors (Lipinski definition) is 4. The predicted octanol–water partition coefficient (Wildman–Crippen LogP) is 5.21. The topological polar surface area (TPSA) is 71.1 Å². The Morgan fingerprint density at radius 2 is 1.87 bits per heavy atom. The van der Waals surface area contributed by atoms with Crippen molar-refractivity contribution < 1.29 is 9.59 Å². The number of carbonyl (C=O) groups excluding carboxylic acids is 2. The zero-order chi connectivity index (χ0) is 21.3. The molecular weight excluding hydrogens is 462 g/mol. The van der Waals surface area contributed by atoms with E-state index in [1.807, 2.05) is 41.8 Å². The van der Waals surface area contributed by atoms with Crippen LogP contribution in [-0.2, 0) is 22.4 Å². The van der Waals surface area contributed by atoms with Crippen molar-refractivity contribution in [2.75, 3.05) is 11.9 Å². The Bertz CT molecular complexity index is 1000. The molecule has 0 bridgehead atoms. The highest BCUT2D eigenvalue weighted by Gasteiger charge is 2.09. The molecule has 3 aromatic rings. The highest BCUT2D eigenvalue weighted by Crippen LogP contribution is 2.25. The van der Waals surface area contributed by atoms with Crippen molar-refractivity contribution in [3.05, 3.63) is 69.5 Å². The van der Waals surface area contributed by atoms with E-state index in [4.69, 9.17) is 0 Å². The first-order valence-corrected chi connectivity index (χ1v) is 11.5. The van der Waals surface area contributed by atoms with Crippen LogP contribution in [-0.4, -0.2) is 23.3 Å².